The van der Waals surface area contributed by atoms with Crippen molar-refractivity contribution in [2.24, 2.45) is 0 Å². The molecule has 0 spiro atoms. The number of hydrogen-bond donors (Lipinski definition) is 1. The van der Waals surface area contributed by atoms with E-state index in [9.17, 15) is 0 Å². The van der Waals surface area contributed by atoms with E-state index in [1.165, 1.54) is 0 Å². The van der Waals surface area contributed by atoms with Crippen molar-refractivity contribution in [2.75, 3.05) is 12.3 Å². The molecule has 0 aliphatic heterocycles. The number of halogens is 1. The van der Waals surface area contributed by atoms with Crippen LogP contribution in [0.5, 0.6) is 5.88 Å². The van der Waals surface area contributed by atoms with Crippen LogP contribution in [0.25, 0.3) is 0 Å². The van der Waals surface area contributed by atoms with Crippen molar-refractivity contribution in [3.63, 3.8) is 0 Å². The highest BCUT2D eigenvalue weighted by Gasteiger charge is 2.03. The van der Waals surface area contributed by atoms with E-state index in [1.54, 1.807) is 6.20 Å². The summed E-state index contributed by atoms with van der Waals surface area (Å²) in [5, 5.41) is 0. The van der Waals surface area contributed by atoms with Crippen molar-refractivity contribution in [1.29, 1.82) is 0 Å². The largest absolute Gasteiger partial charge is 0.476 e. The number of aromatic nitrogens is 2. The molecule has 14 heavy (non-hydrogen) atoms. The third kappa shape index (κ3) is 3.33. The molecule has 0 radical (unpaired) electrons. The van der Waals surface area contributed by atoms with E-state index in [0.717, 1.165) is 12.0 Å². The summed E-state index contributed by atoms with van der Waals surface area (Å²) in [6, 6.07) is 0. The van der Waals surface area contributed by atoms with Gasteiger partial charge in [-0.3, -0.25) is 0 Å². The van der Waals surface area contributed by atoms with Crippen molar-refractivity contribution in [3.05, 3.63) is 22.8 Å². The number of ether oxygens (including phenoxy) is 1. The van der Waals surface area contributed by atoms with E-state index in [2.05, 4.69) is 32.5 Å². The van der Waals surface area contributed by atoms with Crippen LogP contribution in [0.2, 0.25) is 0 Å². The van der Waals surface area contributed by atoms with Crippen molar-refractivity contribution in [1.82, 2.24) is 9.97 Å². The molecule has 0 saturated carbocycles. The van der Waals surface area contributed by atoms with Crippen molar-refractivity contribution in [2.45, 2.75) is 13.3 Å². The van der Waals surface area contributed by atoms with E-state index in [1.807, 2.05) is 6.92 Å². The van der Waals surface area contributed by atoms with Gasteiger partial charge in [-0.1, -0.05) is 5.57 Å². The van der Waals surface area contributed by atoms with Crippen molar-refractivity contribution in [3.8, 4) is 5.88 Å². The second-order valence-corrected chi connectivity index (χ2v) is 3.79. The summed E-state index contributed by atoms with van der Waals surface area (Å²) >= 11 is 3.27. The SMILES string of the molecule is C=C(C)CCOc1nc(N)ncc1Br. The molecule has 1 aromatic heterocycles. The number of nitrogens with zero attached hydrogens (tertiary/aromatic N) is 2. The molecule has 1 heterocycles. The first-order valence-corrected chi connectivity index (χ1v) is 4.94. The first kappa shape index (κ1) is 11.0. The molecule has 1 aromatic rings. The van der Waals surface area contributed by atoms with Crippen molar-refractivity contribution < 1.29 is 4.74 Å². The highest BCUT2D eigenvalue weighted by molar-refractivity contribution is 9.10. The molecule has 0 aliphatic carbocycles. The predicted molar refractivity (Wildman–Crippen MR) is 59.1 cm³/mol. The Bertz CT molecular complexity index is 341. The molecule has 2 N–H and O–H groups in total. The lowest BCUT2D eigenvalue weighted by Crippen LogP contribution is -2.03. The Kier molecular flexibility index (Phi) is 3.88. The molecule has 4 nitrogen and oxygen atoms in total. The van der Waals surface area contributed by atoms with Gasteiger partial charge < -0.3 is 10.5 Å². The van der Waals surface area contributed by atoms with Gasteiger partial charge >= 0.3 is 0 Å². The summed E-state index contributed by atoms with van der Waals surface area (Å²) in [6.45, 7) is 6.27. The van der Waals surface area contributed by atoms with Crippen LogP contribution < -0.4 is 10.5 Å². The van der Waals surface area contributed by atoms with Gasteiger partial charge in [-0.05, 0) is 22.9 Å². The van der Waals surface area contributed by atoms with Crippen LogP contribution in [-0.4, -0.2) is 16.6 Å². The molecule has 0 aliphatic rings. The zero-order chi connectivity index (χ0) is 10.6. The topological polar surface area (TPSA) is 61.0 Å². The zero-order valence-corrected chi connectivity index (χ0v) is 9.54. The van der Waals surface area contributed by atoms with Gasteiger partial charge in [-0.25, -0.2) is 4.98 Å². The fourth-order valence-electron chi connectivity index (χ4n) is 0.787. The van der Waals surface area contributed by atoms with Gasteiger partial charge in [0, 0.05) is 6.42 Å². The first-order valence-electron chi connectivity index (χ1n) is 4.15. The lowest BCUT2D eigenvalue weighted by Gasteiger charge is -2.06. The number of nitrogen functional groups attached to an aromatic ring is 1. The molecule has 5 heteroatoms. The van der Waals surface area contributed by atoms with Gasteiger partial charge in [0.1, 0.15) is 0 Å². The van der Waals surface area contributed by atoms with Crippen molar-refractivity contribution >= 4 is 21.9 Å². The third-order valence-electron chi connectivity index (χ3n) is 1.50. The molecule has 0 atom stereocenters. The maximum atomic E-state index is 5.42. The lowest BCUT2D eigenvalue weighted by molar-refractivity contribution is 0.307. The average Bonchev–Trinajstić information content (AvgIpc) is 2.10. The predicted octanol–water partition coefficient (Wildman–Crippen LogP) is 2.17. The molecular weight excluding hydrogens is 246 g/mol. The van der Waals surface area contributed by atoms with E-state index >= 15 is 0 Å². The van der Waals surface area contributed by atoms with Gasteiger partial charge in [-0.15, -0.1) is 6.58 Å². The molecule has 0 amide bonds. The summed E-state index contributed by atoms with van der Waals surface area (Å²) in [5.74, 6) is 0.678. The summed E-state index contributed by atoms with van der Waals surface area (Å²) in [7, 11) is 0. The van der Waals surface area contributed by atoms with Crippen LogP contribution in [0.1, 0.15) is 13.3 Å². The fourth-order valence-corrected chi connectivity index (χ4v) is 1.09. The van der Waals surface area contributed by atoms with E-state index in [0.29, 0.717) is 17.0 Å². The summed E-state index contributed by atoms with van der Waals surface area (Å²) in [5.41, 5.74) is 6.49. The smallest absolute Gasteiger partial charge is 0.232 e. The van der Waals surface area contributed by atoms with Crippen LogP contribution in [0.3, 0.4) is 0 Å². The number of hydrogen-bond acceptors (Lipinski definition) is 4. The molecule has 0 unspecified atom stereocenters. The maximum absolute atomic E-state index is 5.42. The Morgan fingerprint density at radius 1 is 1.71 bits per heavy atom. The van der Waals surface area contributed by atoms with Gasteiger partial charge in [0.25, 0.3) is 0 Å². The maximum Gasteiger partial charge on any atom is 0.232 e. The molecule has 0 aromatic carbocycles. The second kappa shape index (κ2) is 4.95. The summed E-state index contributed by atoms with van der Waals surface area (Å²) in [6.07, 6.45) is 2.37. The van der Waals surface area contributed by atoms with Gasteiger partial charge in [0.2, 0.25) is 11.8 Å². The Balaban J connectivity index is 2.57. The highest BCUT2D eigenvalue weighted by atomic mass is 79.9. The number of anilines is 1. The van der Waals surface area contributed by atoms with E-state index in [-0.39, 0.29) is 5.95 Å². The number of nitrogens with two attached hydrogens (primary N) is 1. The molecule has 0 fully saturated rings. The highest BCUT2D eigenvalue weighted by Crippen LogP contribution is 2.21. The van der Waals surface area contributed by atoms with Crippen LogP contribution in [0.4, 0.5) is 5.95 Å². The van der Waals surface area contributed by atoms with Crippen LogP contribution in [0, 0.1) is 0 Å². The van der Waals surface area contributed by atoms with E-state index < -0.39 is 0 Å². The Labute approximate surface area is 91.3 Å². The molecule has 76 valence electrons. The monoisotopic (exact) mass is 257 g/mol. The fraction of sp³-hybridized carbons (Fsp3) is 0.333. The molecule has 0 bridgehead atoms. The third-order valence-corrected chi connectivity index (χ3v) is 2.04. The van der Waals surface area contributed by atoms with Gasteiger partial charge in [-0.2, -0.15) is 4.98 Å². The lowest BCUT2D eigenvalue weighted by atomic mass is 10.3. The molecule has 0 saturated heterocycles. The minimum absolute atomic E-state index is 0.207. The standard InChI is InChI=1S/C9H12BrN3O/c1-6(2)3-4-14-8-7(10)5-12-9(11)13-8/h5H,1,3-4H2,2H3,(H2,11,12,13). The van der Waals surface area contributed by atoms with Gasteiger partial charge in [0.05, 0.1) is 17.3 Å². The van der Waals surface area contributed by atoms with E-state index in [4.69, 9.17) is 10.5 Å². The molecule has 1 rings (SSSR count). The van der Waals surface area contributed by atoms with Crippen LogP contribution in [0.15, 0.2) is 22.8 Å². The summed E-state index contributed by atoms with van der Waals surface area (Å²) < 4.78 is 6.09. The average molecular weight is 258 g/mol. The Hall–Kier alpha value is -1.10. The quantitative estimate of drug-likeness (QED) is 0.840. The molecular formula is C9H12BrN3O. The first-order chi connectivity index (χ1) is 6.59. The normalized spacial score (nSPS) is 9.86. The number of rotatable bonds is 4. The van der Waals surface area contributed by atoms with Crippen LogP contribution in [-0.2, 0) is 0 Å². The Morgan fingerprint density at radius 3 is 3.07 bits per heavy atom. The summed E-state index contributed by atoms with van der Waals surface area (Å²) in [4.78, 5) is 7.74. The second-order valence-electron chi connectivity index (χ2n) is 2.94. The minimum atomic E-state index is 0.207. The van der Waals surface area contributed by atoms with Crippen LogP contribution >= 0.6 is 15.9 Å². The minimum Gasteiger partial charge on any atom is -0.476 e. The Morgan fingerprint density at radius 2 is 2.43 bits per heavy atom. The zero-order valence-electron chi connectivity index (χ0n) is 7.96. The van der Waals surface area contributed by atoms with Gasteiger partial charge in [0.15, 0.2) is 0 Å².